The van der Waals surface area contributed by atoms with Crippen molar-refractivity contribution in [3.05, 3.63) is 76.9 Å². The molecular formula is C19H14N6O2S. The molecule has 0 unspecified atom stereocenters. The molecular weight excluding hydrogens is 376 g/mol. The van der Waals surface area contributed by atoms with Crippen LogP contribution >= 0.6 is 11.3 Å². The van der Waals surface area contributed by atoms with Crippen LogP contribution in [0.3, 0.4) is 0 Å². The normalized spacial score (nSPS) is 11.3. The van der Waals surface area contributed by atoms with Crippen LogP contribution in [0.1, 0.15) is 0 Å². The maximum Gasteiger partial charge on any atom is 0.350 e. The lowest BCUT2D eigenvalue weighted by Gasteiger charge is -2.05. The Morgan fingerprint density at radius 2 is 1.96 bits per heavy atom. The molecule has 1 amide bonds. The van der Waals surface area contributed by atoms with Crippen molar-refractivity contribution in [1.29, 1.82) is 0 Å². The molecule has 138 valence electrons. The highest BCUT2D eigenvalue weighted by Crippen LogP contribution is 2.23. The molecule has 4 aromatic heterocycles. The zero-order chi connectivity index (χ0) is 19.1. The summed E-state index contributed by atoms with van der Waals surface area (Å²) < 4.78 is 4.52. The first-order valence-electron chi connectivity index (χ1n) is 8.54. The van der Waals surface area contributed by atoms with Crippen LogP contribution < -0.4 is 11.0 Å². The molecule has 0 saturated carbocycles. The van der Waals surface area contributed by atoms with Crippen molar-refractivity contribution < 1.29 is 4.79 Å². The molecule has 0 aliphatic heterocycles. The molecule has 0 atom stereocenters. The van der Waals surface area contributed by atoms with Gasteiger partial charge in [0.05, 0.1) is 5.69 Å². The number of imidazole rings is 1. The predicted molar refractivity (Wildman–Crippen MR) is 107 cm³/mol. The monoisotopic (exact) mass is 390 g/mol. The number of aromatic nitrogens is 5. The molecule has 0 bridgehead atoms. The first-order chi connectivity index (χ1) is 13.7. The van der Waals surface area contributed by atoms with Gasteiger partial charge >= 0.3 is 5.69 Å². The highest BCUT2D eigenvalue weighted by atomic mass is 32.1. The second kappa shape index (κ2) is 6.46. The molecule has 0 radical (unpaired) electrons. The predicted octanol–water partition coefficient (Wildman–Crippen LogP) is 2.51. The van der Waals surface area contributed by atoms with Crippen LogP contribution in [0.2, 0.25) is 0 Å². The number of hydrogen-bond donors (Lipinski definition) is 1. The van der Waals surface area contributed by atoms with Gasteiger partial charge in [0.2, 0.25) is 5.91 Å². The van der Waals surface area contributed by atoms with E-state index in [4.69, 9.17) is 0 Å². The highest BCUT2D eigenvalue weighted by molar-refractivity contribution is 7.15. The standard InChI is InChI=1S/C19H14N6O2S/c26-17(12-25-19(27)24-8-2-1-3-16(24)22-25)20-14-6-4-13(5-7-14)15-11-23-9-10-28-18(23)21-15/h1-11H,12H2,(H,20,26). The molecule has 0 saturated heterocycles. The first-order valence-corrected chi connectivity index (χ1v) is 9.42. The van der Waals surface area contributed by atoms with Gasteiger partial charge < -0.3 is 5.32 Å². The van der Waals surface area contributed by atoms with Crippen LogP contribution in [0, 0.1) is 0 Å². The average Bonchev–Trinajstić information content (AvgIpc) is 3.37. The summed E-state index contributed by atoms with van der Waals surface area (Å²) in [4.78, 5) is 30.1. The Kier molecular flexibility index (Phi) is 3.80. The Hall–Kier alpha value is -3.72. The number of carbonyl (C=O) groups excluding carboxylic acids is 1. The summed E-state index contributed by atoms with van der Waals surface area (Å²) in [5.41, 5.74) is 2.64. The van der Waals surface area contributed by atoms with E-state index in [1.54, 1.807) is 35.7 Å². The third-order valence-electron chi connectivity index (χ3n) is 4.34. The molecule has 5 aromatic rings. The van der Waals surface area contributed by atoms with Gasteiger partial charge in [0.1, 0.15) is 6.54 Å². The number of nitrogens with zero attached hydrogens (tertiary/aromatic N) is 5. The van der Waals surface area contributed by atoms with Crippen molar-refractivity contribution in [2.24, 2.45) is 0 Å². The van der Waals surface area contributed by atoms with Crippen molar-refractivity contribution in [3.63, 3.8) is 0 Å². The van der Waals surface area contributed by atoms with E-state index >= 15 is 0 Å². The zero-order valence-corrected chi connectivity index (χ0v) is 15.3. The summed E-state index contributed by atoms with van der Waals surface area (Å²) in [5, 5.41) is 8.94. The maximum atomic E-state index is 12.3. The minimum Gasteiger partial charge on any atom is -0.324 e. The number of anilines is 1. The molecule has 1 N–H and O–H groups in total. The van der Waals surface area contributed by atoms with Crippen LogP contribution in [0.25, 0.3) is 21.9 Å². The summed E-state index contributed by atoms with van der Waals surface area (Å²) in [6.07, 6.45) is 5.56. The van der Waals surface area contributed by atoms with Gasteiger partial charge in [0.25, 0.3) is 0 Å². The van der Waals surface area contributed by atoms with E-state index in [-0.39, 0.29) is 18.1 Å². The SMILES string of the molecule is O=C(Cn1nc2ccccn2c1=O)Nc1ccc(-c2cn3ccsc3n2)cc1. The molecule has 0 fully saturated rings. The van der Waals surface area contributed by atoms with Crippen LogP contribution in [0.15, 0.2) is 71.2 Å². The van der Waals surface area contributed by atoms with E-state index in [1.807, 2.05) is 46.4 Å². The lowest BCUT2D eigenvalue weighted by molar-refractivity contribution is -0.117. The maximum absolute atomic E-state index is 12.3. The van der Waals surface area contributed by atoms with Gasteiger partial charge in [-0.05, 0) is 24.3 Å². The number of benzene rings is 1. The van der Waals surface area contributed by atoms with Crippen molar-refractivity contribution in [1.82, 2.24) is 23.6 Å². The average molecular weight is 390 g/mol. The van der Waals surface area contributed by atoms with Gasteiger partial charge in [-0.2, -0.15) is 0 Å². The molecule has 0 spiro atoms. The smallest absolute Gasteiger partial charge is 0.324 e. The number of rotatable bonds is 4. The fourth-order valence-corrected chi connectivity index (χ4v) is 3.70. The van der Waals surface area contributed by atoms with Crippen LogP contribution in [0.4, 0.5) is 5.69 Å². The Bertz CT molecular complexity index is 1330. The topological polar surface area (TPSA) is 85.7 Å². The lowest BCUT2D eigenvalue weighted by atomic mass is 10.1. The van der Waals surface area contributed by atoms with E-state index < -0.39 is 0 Å². The number of fused-ring (bicyclic) bond motifs is 2. The van der Waals surface area contributed by atoms with Gasteiger partial charge in [-0.3, -0.25) is 13.6 Å². The molecule has 0 aliphatic rings. The Morgan fingerprint density at radius 1 is 1.11 bits per heavy atom. The van der Waals surface area contributed by atoms with Gasteiger partial charge in [-0.15, -0.1) is 16.4 Å². The van der Waals surface area contributed by atoms with Crippen LogP contribution in [-0.4, -0.2) is 29.5 Å². The van der Waals surface area contributed by atoms with Crippen molar-refractivity contribution in [3.8, 4) is 11.3 Å². The number of hydrogen-bond acceptors (Lipinski definition) is 5. The second-order valence-electron chi connectivity index (χ2n) is 6.21. The number of pyridine rings is 1. The van der Waals surface area contributed by atoms with E-state index in [1.165, 1.54) is 4.40 Å². The third kappa shape index (κ3) is 2.87. The molecule has 4 heterocycles. The fourth-order valence-electron chi connectivity index (χ4n) is 3.00. The Labute approximate surface area is 162 Å². The van der Waals surface area contributed by atoms with E-state index in [0.717, 1.165) is 20.9 Å². The van der Waals surface area contributed by atoms with Gasteiger partial charge in [-0.1, -0.05) is 18.2 Å². The zero-order valence-electron chi connectivity index (χ0n) is 14.5. The first kappa shape index (κ1) is 16.5. The van der Waals surface area contributed by atoms with Gasteiger partial charge in [0.15, 0.2) is 10.6 Å². The Balaban J connectivity index is 1.31. The van der Waals surface area contributed by atoms with E-state index in [0.29, 0.717) is 11.3 Å². The number of carbonyl (C=O) groups is 1. The summed E-state index contributed by atoms with van der Waals surface area (Å²) in [7, 11) is 0. The number of amides is 1. The Morgan fingerprint density at radius 3 is 2.75 bits per heavy atom. The van der Waals surface area contributed by atoms with Gasteiger partial charge in [-0.25, -0.2) is 14.5 Å². The van der Waals surface area contributed by atoms with E-state index in [9.17, 15) is 9.59 Å². The lowest BCUT2D eigenvalue weighted by Crippen LogP contribution is -2.28. The second-order valence-corrected chi connectivity index (χ2v) is 7.09. The molecule has 28 heavy (non-hydrogen) atoms. The largest absolute Gasteiger partial charge is 0.350 e. The summed E-state index contributed by atoms with van der Waals surface area (Å²) in [5.74, 6) is -0.319. The minimum atomic E-state index is -0.346. The number of nitrogens with one attached hydrogen (secondary N) is 1. The molecule has 0 aliphatic carbocycles. The molecule has 1 aromatic carbocycles. The highest BCUT2D eigenvalue weighted by Gasteiger charge is 2.11. The molecule has 9 heteroatoms. The van der Waals surface area contributed by atoms with Crippen LogP contribution in [0.5, 0.6) is 0 Å². The van der Waals surface area contributed by atoms with E-state index in [2.05, 4.69) is 15.4 Å². The van der Waals surface area contributed by atoms with Crippen molar-refractivity contribution in [2.45, 2.75) is 6.54 Å². The van der Waals surface area contributed by atoms with Crippen molar-refractivity contribution in [2.75, 3.05) is 5.32 Å². The molecule has 8 nitrogen and oxygen atoms in total. The molecule has 5 rings (SSSR count). The summed E-state index contributed by atoms with van der Waals surface area (Å²) in [6, 6.07) is 12.7. The number of thiazole rings is 1. The fraction of sp³-hybridized carbons (Fsp3) is 0.0526. The summed E-state index contributed by atoms with van der Waals surface area (Å²) in [6.45, 7) is -0.153. The summed E-state index contributed by atoms with van der Waals surface area (Å²) >= 11 is 1.58. The van der Waals surface area contributed by atoms with Crippen molar-refractivity contribution >= 4 is 33.5 Å². The third-order valence-corrected chi connectivity index (χ3v) is 5.11. The van der Waals surface area contributed by atoms with Crippen LogP contribution in [-0.2, 0) is 11.3 Å². The van der Waals surface area contributed by atoms with Gasteiger partial charge in [0, 0.05) is 35.2 Å². The quantitative estimate of drug-likeness (QED) is 0.511. The minimum absolute atomic E-state index is 0.153.